The Balaban J connectivity index is 1.68. The standard InChI is InChI=1S/C21H26BrN3O/c1-2-23-20(24-13-16-7-3-4-8-17(16)14-26)25-15-21(11-12-21)18-9-5-6-10-19(18)22/h3-10,26H,2,11-15H2,1H3,(H2,23,24,25). The lowest BCUT2D eigenvalue weighted by molar-refractivity contribution is 0.280. The number of aliphatic hydroxyl groups excluding tert-OH is 1. The van der Waals surface area contributed by atoms with Gasteiger partial charge < -0.3 is 15.7 Å². The summed E-state index contributed by atoms with van der Waals surface area (Å²) < 4.78 is 1.18. The van der Waals surface area contributed by atoms with Crippen LogP contribution in [0.25, 0.3) is 0 Å². The maximum Gasteiger partial charge on any atom is 0.191 e. The Morgan fingerprint density at radius 1 is 1.08 bits per heavy atom. The molecule has 0 saturated heterocycles. The highest BCUT2D eigenvalue weighted by molar-refractivity contribution is 9.10. The Kier molecular flexibility index (Phi) is 6.33. The number of benzene rings is 2. The molecule has 2 aromatic carbocycles. The van der Waals surface area contributed by atoms with Crippen LogP contribution in [-0.4, -0.2) is 24.2 Å². The molecule has 3 N–H and O–H groups in total. The number of halogens is 1. The molecule has 3 rings (SSSR count). The lowest BCUT2D eigenvalue weighted by Gasteiger charge is -2.20. The summed E-state index contributed by atoms with van der Waals surface area (Å²) in [5.41, 5.74) is 3.55. The molecule has 2 aromatic rings. The lowest BCUT2D eigenvalue weighted by Crippen LogP contribution is -2.41. The van der Waals surface area contributed by atoms with Crippen molar-refractivity contribution in [2.45, 2.75) is 38.3 Å². The molecule has 0 radical (unpaired) electrons. The Morgan fingerprint density at radius 2 is 1.77 bits per heavy atom. The van der Waals surface area contributed by atoms with E-state index in [0.29, 0.717) is 6.54 Å². The van der Waals surface area contributed by atoms with E-state index in [0.717, 1.165) is 30.2 Å². The van der Waals surface area contributed by atoms with Crippen LogP contribution < -0.4 is 10.6 Å². The number of guanidine groups is 1. The molecule has 1 aliphatic rings. The summed E-state index contributed by atoms with van der Waals surface area (Å²) in [4.78, 5) is 4.71. The van der Waals surface area contributed by atoms with Crippen LogP contribution in [0.15, 0.2) is 58.0 Å². The normalized spacial score (nSPS) is 15.6. The molecule has 0 bridgehead atoms. The van der Waals surface area contributed by atoms with E-state index in [4.69, 9.17) is 4.99 Å². The average Bonchev–Trinajstić information content (AvgIpc) is 3.45. The van der Waals surface area contributed by atoms with Gasteiger partial charge in [-0.15, -0.1) is 0 Å². The fourth-order valence-electron chi connectivity index (χ4n) is 3.21. The third-order valence-corrected chi connectivity index (χ3v) is 5.62. The molecule has 1 aliphatic carbocycles. The minimum atomic E-state index is 0.0425. The molecule has 0 amide bonds. The largest absolute Gasteiger partial charge is 0.392 e. The number of hydrogen-bond donors (Lipinski definition) is 3. The molecule has 138 valence electrons. The fourth-order valence-corrected chi connectivity index (χ4v) is 3.91. The van der Waals surface area contributed by atoms with E-state index in [1.165, 1.54) is 22.9 Å². The van der Waals surface area contributed by atoms with Gasteiger partial charge in [0.15, 0.2) is 5.96 Å². The molecule has 5 heteroatoms. The van der Waals surface area contributed by atoms with Crippen molar-refractivity contribution < 1.29 is 5.11 Å². The second kappa shape index (κ2) is 8.69. The van der Waals surface area contributed by atoms with Crippen molar-refractivity contribution in [3.05, 3.63) is 69.7 Å². The number of aliphatic imine (C=N–C) groups is 1. The fraction of sp³-hybridized carbons (Fsp3) is 0.381. The second-order valence-corrected chi connectivity index (χ2v) is 7.59. The van der Waals surface area contributed by atoms with Crippen molar-refractivity contribution in [2.75, 3.05) is 13.1 Å². The van der Waals surface area contributed by atoms with Crippen LogP contribution in [-0.2, 0) is 18.6 Å². The minimum absolute atomic E-state index is 0.0425. The van der Waals surface area contributed by atoms with E-state index >= 15 is 0 Å². The van der Waals surface area contributed by atoms with Crippen molar-refractivity contribution >= 4 is 21.9 Å². The maximum absolute atomic E-state index is 9.47. The van der Waals surface area contributed by atoms with Crippen LogP contribution in [0, 0.1) is 0 Å². The van der Waals surface area contributed by atoms with Gasteiger partial charge in [0.05, 0.1) is 13.2 Å². The summed E-state index contributed by atoms with van der Waals surface area (Å²) in [5.74, 6) is 0.818. The molecule has 0 aromatic heterocycles. The molecule has 4 nitrogen and oxygen atoms in total. The first-order chi connectivity index (χ1) is 12.7. The maximum atomic E-state index is 9.47. The van der Waals surface area contributed by atoms with Crippen molar-refractivity contribution in [3.8, 4) is 0 Å². The first-order valence-corrected chi connectivity index (χ1v) is 9.92. The van der Waals surface area contributed by atoms with Gasteiger partial charge in [0.25, 0.3) is 0 Å². The summed E-state index contributed by atoms with van der Waals surface area (Å²) in [7, 11) is 0. The Bertz CT molecular complexity index is 771. The second-order valence-electron chi connectivity index (χ2n) is 6.74. The highest BCUT2D eigenvalue weighted by Gasteiger charge is 2.45. The Hall–Kier alpha value is -1.85. The summed E-state index contributed by atoms with van der Waals surface area (Å²) in [6, 6.07) is 16.4. The number of hydrogen-bond acceptors (Lipinski definition) is 2. The molecular weight excluding hydrogens is 390 g/mol. The van der Waals surface area contributed by atoms with Gasteiger partial charge >= 0.3 is 0 Å². The molecule has 0 unspecified atom stereocenters. The van der Waals surface area contributed by atoms with Crippen LogP contribution in [0.1, 0.15) is 36.5 Å². The van der Waals surface area contributed by atoms with Gasteiger partial charge in [0.2, 0.25) is 0 Å². The third-order valence-electron chi connectivity index (χ3n) is 4.93. The van der Waals surface area contributed by atoms with Crippen molar-refractivity contribution in [2.24, 2.45) is 4.99 Å². The first kappa shape index (κ1) is 18.9. The van der Waals surface area contributed by atoms with Gasteiger partial charge in [-0.05, 0) is 42.5 Å². The number of nitrogens with zero attached hydrogens (tertiary/aromatic N) is 1. The minimum Gasteiger partial charge on any atom is -0.392 e. The quantitative estimate of drug-likeness (QED) is 0.476. The van der Waals surface area contributed by atoms with E-state index in [1.807, 2.05) is 24.3 Å². The smallest absolute Gasteiger partial charge is 0.191 e. The molecule has 0 aliphatic heterocycles. The van der Waals surface area contributed by atoms with E-state index in [1.54, 1.807) is 0 Å². The third kappa shape index (κ3) is 4.46. The molecule has 26 heavy (non-hydrogen) atoms. The Labute approximate surface area is 163 Å². The van der Waals surface area contributed by atoms with Crippen molar-refractivity contribution in [1.82, 2.24) is 10.6 Å². The summed E-state index contributed by atoms with van der Waals surface area (Å²) in [6.07, 6.45) is 2.38. The number of nitrogens with one attached hydrogen (secondary N) is 2. The molecule has 0 spiro atoms. The van der Waals surface area contributed by atoms with Gasteiger partial charge in [0, 0.05) is 23.0 Å². The van der Waals surface area contributed by atoms with Crippen LogP contribution >= 0.6 is 15.9 Å². The number of rotatable bonds is 7. The van der Waals surface area contributed by atoms with Crippen LogP contribution in [0.5, 0.6) is 0 Å². The van der Waals surface area contributed by atoms with Gasteiger partial charge in [-0.2, -0.15) is 0 Å². The predicted octanol–water partition coefficient (Wildman–Crippen LogP) is 3.73. The van der Waals surface area contributed by atoms with E-state index in [-0.39, 0.29) is 12.0 Å². The SMILES string of the molecule is CCNC(=NCc1ccccc1CO)NCC1(c2ccccc2Br)CC1. The van der Waals surface area contributed by atoms with Gasteiger partial charge in [0.1, 0.15) is 0 Å². The van der Waals surface area contributed by atoms with Gasteiger partial charge in [-0.25, -0.2) is 4.99 Å². The monoisotopic (exact) mass is 415 g/mol. The zero-order valence-electron chi connectivity index (χ0n) is 15.1. The highest BCUT2D eigenvalue weighted by Crippen LogP contribution is 2.49. The molecule has 0 heterocycles. The highest BCUT2D eigenvalue weighted by atomic mass is 79.9. The molecule has 1 fully saturated rings. The lowest BCUT2D eigenvalue weighted by atomic mass is 9.96. The van der Waals surface area contributed by atoms with E-state index in [9.17, 15) is 5.11 Å². The van der Waals surface area contributed by atoms with E-state index in [2.05, 4.69) is 57.8 Å². The predicted molar refractivity (Wildman–Crippen MR) is 110 cm³/mol. The first-order valence-electron chi connectivity index (χ1n) is 9.13. The summed E-state index contributed by atoms with van der Waals surface area (Å²) >= 11 is 3.69. The zero-order valence-corrected chi connectivity index (χ0v) is 16.7. The number of aliphatic hydroxyl groups is 1. The summed E-state index contributed by atoms with van der Waals surface area (Å²) in [5, 5.41) is 16.3. The molecular formula is C21H26BrN3O. The zero-order chi connectivity index (χ0) is 18.4. The topological polar surface area (TPSA) is 56.7 Å². The van der Waals surface area contributed by atoms with Crippen LogP contribution in [0.4, 0.5) is 0 Å². The van der Waals surface area contributed by atoms with Gasteiger partial charge in [-0.1, -0.05) is 58.4 Å². The van der Waals surface area contributed by atoms with Crippen molar-refractivity contribution in [1.29, 1.82) is 0 Å². The average molecular weight is 416 g/mol. The van der Waals surface area contributed by atoms with E-state index < -0.39 is 0 Å². The Morgan fingerprint density at radius 3 is 2.42 bits per heavy atom. The van der Waals surface area contributed by atoms with Crippen LogP contribution in [0.2, 0.25) is 0 Å². The van der Waals surface area contributed by atoms with Crippen molar-refractivity contribution in [3.63, 3.8) is 0 Å². The van der Waals surface area contributed by atoms with Crippen LogP contribution in [0.3, 0.4) is 0 Å². The molecule has 0 atom stereocenters. The summed E-state index contributed by atoms with van der Waals surface area (Å²) in [6.45, 7) is 4.34. The van der Waals surface area contributed by atoms with Gasteiger partial charge in [-0.3, -0.25) is 0 Å². The molecule has 1 saturated carbocycles.